The standard InChI is InChI=1S/C18H20FNO2/c1-18(2,3)22-17(21)20-14-9-12(19)6-7-13(14)15-10-4-5-11(8-10)16(15)20/h4-7,9-11,15-16H,8H2,1-3H3/t10-,11+,15-,16-/m0/s1. The van der Waals surface area contributed by atoms with Gasteiger partial charge in [0.15, 0.2) is 0 Å². The zero-order valence-corrected chi connectivity index (χ0v) is 13.0. The lowest BCUT2D eigenvalue weighted by Gasteiger charge is -2.32. The van der Waals surface area contributed by atoms with E-state index >= 15 is 0 Å². The van der Waals surface area contributed by atoms with Gasteiger partial charge < -0.3 is 4.74 Å². The molecule has 2 aliphatic carbocycles. The third-order valence-electron chi connectivity index (χ3n) is 4.92. The van der Waals surface area contributed by atoms with Crippen LogP contribution in [0.1, 0.15) is 38.7 Å². The predicted octanol–water partition coefficient (Wildman–Crippen LogP) is 4.24. The van der Waals surface area contributed by atoms with Crippen molar-refractivity contribution in [1.82, 2.24) is 0 Å². The smallest absolute Gasteiger partial charge is 0.415 e. The third-order valence-corrected chi connectivity index (χ3v) is 4.92. The molecule has 0 aromatic heterocycles. The van der Waals surface area contributed by atoms with Gasteiger partial charge in [0.25, 0.3) is 0 Å². The first kappa shape index (κ1) is 13.8. The summed E-state index contributed by atoms with van der Waals surface area (Å²) in [5.41, 5.74) is 1.20. The number of fused-ring (bicyclic) bond motifs is 7. The highest BCUT2D eigenvalue weighted by atomic mass is 19.1. The topological polar surface area (TPSA) is 29.5 Å². The van der Waals surface area contributed by atoms with Crippen LogP contribution in [0.3, 0.4) is 0 Å². The number of hydrogen-bond donors (Lipinski definition) is 0. The Morgan fingerprint density at radius 1 is 1.27 bits per heavy atom. The minimum absolute atomic E-state index is 0.0710. The molecule has 22 heavy (non-hydrogen) atoms. The number of halogens is 1. The van der Waals surface area contributed by atoms with Gasteiger partial charge in [-0.25, -0.2) is 9.18 Å². The summed E-state index contributed by atoms with van der Waals surface area (Å²) in [6.45, 7) is 5.56. The molecule has 0 unspecified atom stereocenters. The van der Waals surface area contributed by atoms with Crippen molar-refractivity contribution in [2.24, 2.45) is 11.8 Å². The first-order valence-corrected chi connectivity index (χ1v) is 7.85. The summed E-state index contributed by atoms with van der Waals surface area (Å²) < 4.78 is 19.3. The maximum atomic E-state index is 13.7. The summed E-state index contributed by atoms with van der Waals surface area (Å²) in [4.78, 5) is 14.4. The second-order valence-electron chi connectivity index (χ2n) is 7.52. The van der Waals surface area contributed by atoms with E-state index < -0.39 is 5.60 Å². The van der Waals surface area contributed by atoms with Crippen LogP contribution in [0, 0.1) is 17.7 Å². The second-order valence-corrected chi connectivity index (χ2v) is 7.52. The molecule has 1 heterocycles. The van der Waals surface area contributed by atoms with Crippen molar-refractivity contribution < 1.29 is 13.9 Å². The molecule has 1 fully saturated rings. The monoisotopic (exact) mass is 301 g/mol. The number of carbonyl (C=O) groups excluding carboxylic acids is 1. The summed E-state index contributed by atoms with van der Waals surface area (Å²) >= 11 is 0. The van der Waals surface area contributed by atoms with Crippen LogP contribution in [0.4, 0.5) is 14.9 Å². The van der Waals surface area contributed by atoms with Gasteiger partial charge in [-0.1, -0.05) is 18.2 Å². The van der Waals surface area contributed by atoms with Crippen molar-refractivity contribution in [2.75, 3.05) is 4.90 Å². The van der Waals surface area contributed by atoms with Crippen molar-refractivity contribution in [2.45, 2.75) is 44.8 Å². The van der Waals surface area contributed by atoms with Crippen LogP contribution < -0.4 is 4.90 Å². The van der Waals surface area contributed by atoms with E-state index in [2.05, 4.69) is 12.2 Å². The highest BCUT2D eigenvalue weighted by Gasteiger charge is 2.55. The van der Waals surface area contributed by atoms with Crippen molar-refractivity contribution in [3.8, 4) is 0 Å². The maximum Gasteiger partial charge on any atom is 0.415 e. The molecular formula is C18H20FNO2. The molecule has 4 atom stereocenters. The number of hydrogen-bond acceptors (Lipinski definition) is 2. The molecule has 1 aromatic carbocycles. The van der Waals surface area contributed by atoms with Gasteiger partial charge in [0, 0.05) is 5.92 Å². The molecule has 1 aromatic rings. The van der Waals surface area contributed by atoms with E-state index in [9.17, 15) is 9.18 Å². The van der Waals surface area contributed by atoms with Gasteiger partial charge in [0.2, 0.25) is 0 Å². The fraction of sp³-hybridized carbons (Fsp3) is 0.500. The van der Waals surface area contributed by atoms with Crippen molar-refractivity contribution in [3.63, 3.8) is 0 Å². The van der Waals surface area contributed by atoms with Gasteiger partial charge in [-0.2, -0.15) is 0 Å². The molecular weight excluding hydrogens is 281 g/mol. The van der Waals surface area contributed by atoms with E-state index in [0.29, 0.717) is 17.5 Å². The molecule has 0 spiro atoms. The van der Waals surface area contributed by atoms with Crippen LogP contribution >= 0.6 is 0 Å². The minimum atomic E-state index is -0.559. The minimum Gasteiger partial charge on any atom is -0.443 e. The lowest BCUT2D eigenvalue weighted by Crippen LogP contribution is -2.44. The van der Waals surface area contributed by atoms with Crippen LogP contribution in [0.5, 0.6) is 0 Å². The van der Waals surface area contributed by atoms with Gasteiger partial charge in [-0.05, 0) is 56.7 Å². The molecule has 4 heteroatoms. The van der Waals surface area contributed by atoms with E-state index in [0.717, 1.165) is 12.0 Å². The molecule has 0 N–H and O–H groups in total. The molecule has 116 valence electrons. The Morgan fingerprint density at radius 3 is 2.73 bits per heavy atom. The first-order chi connectivity index (χ1) is 10.3. The Balaban J connectivity index is 1.78. The number of allylic oxidation sites excluding steroid dienone is 1. The summed E-state index contributed by atoms with van der Waals surface area (Å²) in [5.74, 6) is 0.760. The normalized spacial score (nSPS) is 31.4. The summed E-state index contributed by atoms with van der Waals surface area (Å²) in [6.07, 6.45) is 5.15. The van der Waals surface area contributed by atoms with E-state index in [1.165, 1.54) is 12.1 Å². The molecule has 1 amide bonds. The Kier molecular flexibility index (Phi) is 2.72. The number of carbonyl (C=O) groups is 1. The van der Waals surface area contributed by atoms with Gasteiger partial charge >= 0.3 is 6.09 Å². The van der Waals surface area contributed by atoms with Crippen LogP contribution in [0.2, 0.25) is 0 Å². The largest absolute Gasteiger partial charge is 0.443 e. The van der Waals surface area contributed by atoms with Crippen molar-refractivity contribution in [1.29, 1.82) is 0 Å². The number of ether oxygens (including phenoxy) is 1. The van der Waals surface area contributed by atoms with Gasteiger partial charge in [-0.3, -0.25) is 4.90 Å². The number of rotatable bonds is 0. The lowest BCUT2D eigenvalue weighted by atomic mass is 9.86. The first-order valence-electron chi connectivity index (χ1n) is 7.85. The van der Waals surface area contributed by atoms with E-state index in [-0.39, 0.29) is 23.9 Å². The average molecular weight is 301 g/mol. The predicted molar refractivity (Wildman–Crippen MR) is 82.4 cm³/mol. The lowest BCUT2D eigenvalue weighted by molar-refractivity contribution is 0.0563. The van der Waals surface area contributed by atoms with Crippen molar-refractivity contribution >= 4 is 11.8 Å². The van der Waals surface area contributed by atoms with Crippen molar-refractivity contribution in [3.05, 3.63) is 41.7 Å². The third kappa shape index (κ3) is 1.89. The van der Waals surface area contributed by atoms with E-state index in [1.807, 2.05) is 26.8 Å². The molecule has 4 rings (SSSR count). The molecule has 3 aliphatic rings. The van der Waals surface area contributed by atoms with Gasteiger partial charge in [-0.15, -0.1) is 0 Å². The van der Waals surface area contributed by atoms with Crippen LogP contribution in [-0.4, -0.2) is 17.7 Å². The Hall–Kier alpha value is -1.84. The molecule has 1 saturated carbocycles. The summed E-state index contributed by atoms with van der Waals surface area (Å²) in [5, 5.41) is 0. The molecule has 0 saturated heterocycles. The van der Waals surface area contributed by atoms with Crippen LogP contribution in [0.15, 0.2) is 30.4 Å². The second kappa shape index (κ2) is 4.34. The molecule has 3 nitrogen and oxygen atoms in total. The number of benzene rings is 1. The Morgan fingerprint density at radius 2 is 2.00 bits per heavy atom. The molecule has 1 aliphatic heterocycles. The maximum absolute atomic E-state index is 13.7. The number of anilines is 1. The van der Waals surface area contributed by atoms with Crippen LogP contribution in [0.25, 0.3) is 0 Å². The SMILES string of the molecule is CC(C)(C)OC(=O)N1c2cc(F)ccc2[C@H]2[C@@H]1[C@@H]1C=C[C@H]2C1. The Bertz CT molecular complexity index is 676. The Labute approximate surface area is 129 Å². The highest BCUT2D eigenvalue weighted by Crippen LogP contribution is 2.58. The molecule has 0 radical (unpaired) electrons. The fourth-order valence-electron chi connectivity index (χ4n) is 4.26. The average Bonchev–Trinajstić information content (AvgIpc) is 3.05. The molecule has 2 bridgehead atoms. The van der Waals surface area contributed by atoms with E-state index in [4.69, 9.17) is 4.74 Å². The fourth-order valence-corrected chi connectivity index (χ4v) is 4.26. The number of nitrogens with zero attached hydrogens (tertiary/aromatic N) is 1. The van der Waals surface area contributed by atoms with E-state index in [1.54, 1.807) is 4.90 Å². The quantitative estimate of drug-likeness (QED) is 0.671. The highest BCUT2D eigenvalue weighted by molar-refractivity contribution is 5.92. The zero-order valence-electron chi connectivity index (χ0n) is 13.0. The summed E-state index contributed by atoms with van der Waals surface area (Å²) in [7, 11) is 0. The summed E-state index contributed by atoms with van der Waals surface area (Å²) in [6, 6.07) is 4.87. The zero-order chi connectivity index (χ0) is 15.6. The van der Waals surface area contributed by atoms with Crippen LogP contribution in [-0.2, 0) is 4.74 Å². The number of amides is 1. The van der Waals surface area contributed by atoms with Gasteiger partial charge in [0.05, 0.1) is 11.7 Å². The van der Waals surface area contributed by atoms with Gasteiger partial charge in [0.1, 0.15) is 11.4 Å².